The fourth-order valence-corrected chi connectivity index (χ4v) is 1.98. The van der Waals surface area contributed by atoms with Crippen molar-refractivity contribution in [1.29, 1.82) is 0 Å². The minimum absolute atomic E-state index is 0.0561. The molecule has 21 heavy (non-hydrogen) atoms. The van der Waals surface area contributed by atoms with Gasteiger partial charge in [-0.3, -0.25) is 5.32 Å². The van der Waals surface area contributed by atoms with E-state index in [1.54, 1.807) is 6.92 Å². The van der Waals surface area contributed by atoms with Gasteiger partial charge in [0.15, 0.2) is 0 Å². The van der Waals surface area contributed by atoms with Crippen molar-refractivity contribution in [1.82, 2.24) is 21.3 Å². The van der Waals surface area contributed by atoms with Gasteiger partial charge in [-0.2, -0.15) is 0 Å². The van der Waals surface area contributed by atoms with Crippen molar-refractivity contribution in [3.8, 4) is 0 Å². The van der Waals surface area contributed by atoms with Crippen LogP contribution < -0.4 is 21.3 Å². The first kappa shape index (κ1) is 20.1. The van der Waals surface area contributed by atoms with Crippen molar-refractivity contribution in [2.24, 2.45) is 0 Å². The van der Waals surface area contributed by atoms with E-state index in [0.29, 0.717) is 0 Å². The molecule has 6 heteroatoms. The van der Waals surface area contributed by atoms with E-state index in [2.05, 4.69) is 21.3 Å². The predicted molar refractivity (Wildman–Crippen MR) is 87.3 cm³/mol. The molecule has 5 N–H and O–H groups in total. The summed E-state index contributed by atoms with van der Waals surface area (Å²) in [4.78, 5) is 11.5. The molecule has 1 atom stereocenters. The van der Waals surface area contributed by atoms with Gasteiger partial charge < -0.3 is 21.1 Å². The number of aliphatic hydroxyl groups excluding tert-OH is 1. The molecule has 0 saturated heterocycles. The van der Waals surface area contributed by atoms with E-state index in [0.717, 1.165) is 71.1 Å². The van der Waals surface area contributed by atoms with Gasteiger partial charge >= 0.3 is 6.03 Å². The van der Waals surface area contributed by atoms with Crippen molar-refractivity contribution in [2.45, 2.75) is 58.1 Å². The van der Waals surface area contributed by atoms with Crippen LogP contribution in [0.15, 0.2) is 0 Å². The minimum Gasteiger partial charge on any atom is -0.379 e. The van der Waals surface area contributed by atoms with Gasteiger partial charge in [-0.05, 0) is 52.7 Å². The number of aliphatic hydroxyl groups is 1. The van der Waals surface area contributed by atoms with Gasteiger partial charge in [-0.25, -0.2) is 4.79 Å². The Balaban J connectivity index is 3.16. The van der Waals surface area contributed by atoms with Crippen LogP contribution in [-0.2, 0) is 0 Å². The van der Waals surface area contributed by atoms with E-state index >= 15 is 0 Å². The lowest BCUT2D eigenvalue weighted by atomic mass is 10.2. The molecule has 0 aliphatic rings. The van der Waals surface area contributed by atoms with Crippen LogP contribution in [0.1, 0.15) is 51.9 Å². The highest BCUT2D eigenvalue weighted by Crippen LogP contribution is 1.98. The van der Waals surface area contributed by atoms with E-state index in [-0.39, 0.29) is 6.03 Å². The smallest absolute Gasteiger partial charge is 0.314 e. The zero-order chi connectivity index (χ0) is 15.8. The second-order valence-electron chi connectivity index (χ2n) is 5.39. The SMILES string of the molecule is CNCCCCCNC(=O)NCCCCCCN[C@H](C)O. The Labute approximate surface area is 129 Å². The Hall–Kier alpha value is -0.850. The summed E-state index contributed by atoms with van der Waals surface area (Å²) in [5.41, 5.74) is 0. The molecule has 0 unspecified atom stereocenters. The highest BCUT2D eigenvalue weighted by molar-refractivity contribution is 5.73. The predicted octanol–water partition coefficient (Wildman–Crippen LogP) is 1.16. The maximum atomic E-state index is 11.5. The Morgan fingerprint density at radius 1 is 0.857 bits per heavy atom. The molecule has 0 aromatic carbocycles. The molecule has 0 aliphatic heterocycles. The summed E-state index contributed by atoms with van der Waals surface area (Å²) < 4.78 is 0. The van der Waals surface area contributed by atoms with Gasteiger partial charge in [0.05, 0.1) is 0 Å². The molecule has 0 spiro atoms. The molecular weight excluding hydrogens is 268 g/mol. The van der Waals surface area contributed by atoms with Crippen LogP contribution in [0.4, 0.5) is 4.79 Å². The molecule has 0 rings (SSSR count). The zero-order valence-corrected chi connectivity index (χ0v) is 13.7. The van der Waals surface area contributed by atoms with Crippen LogP contribution in [0.2, 0.25) is 0 Å². The fraction of sp³-hybridized carbons (Fsp3) is 0.933. The molecule has 0 bridgehead atoms. The maximum Gasteiger partial charge on any atom is 0.314 e. The van der Waals surface area contributed by atoms with Crippen LogP contribution in [0.25, 0.3) is 0 Å². The highest BCUT2D eigenvalue weighted by Gasteiger charge is 1.98. The Kier molecular flexibility index (Phi) is 14.9. The van der Waals surface area contributed by atoms with Gasteiger partial charge in [0.25, 0.3) is 0 Å². The molecule has 0 aromatic rings. The fourth-order valence-electron chi connectivity index (χ4n) is 1.98. The van der Waals surface area contributed by atoms with Gasteiger partial charge in [-0.1, -0.05) is 19.3 Å². The highest BCUT2D eigenvalue weighted by atomic mass is 16.3. The summed E-state index contributed by atoms with van der Waals surface area (Å²) in [6.45, 7) is 5.09. The van der Waals surface area contributed by atoms with Crippen molar-refractivity contribution in [3.05, 3.63) is 0 Å². The standard InChI is InChI=1S/C15H34N4O2/c1-14(20)17-11-7-3-4-8-12-18-15(21)19-13-9-5-6-10-16-2/h14,16-17,20H,3-13H2,1-2H3,(H2,18,19,21)/t14-/m0/s1. The summed E-state index contributed by atoms with van der Waals surface area (Å²) >= 11 is 0. The summed E-state index contributed by atoms with van der Waals surface area (Å²) in [5.74, 6) is 0. The van der Waals surface area contributed by atoms with Crippen molar-refractivity contribution < 1.29 is 9.90 Å². The number of rotatable bonds is 14. The number of unbranched alkanes of at least 4 members (excludes halogenated alkanes) is 5. The van der Waals surface area contributed by atoms with E-state index in [4.69, 9.17) is 5.11 Å². The van der Waals surface area contributed by atoms with Crippen molar-refractivity contribution >= 4 is 6.03 Å². The third-order valence-corrected chi connectivity index (χ3v) is 3.22. The molecule has 2 amide bonds. The third kappa shape index (κ3) is 17.1. The lowest BCUT2D eigenvalue weighted by Gasteiger charge is -2.08. The first-order valence-corrected chi connectivity index (χ1v) is 8.24. The molecule has 0 aromatic heterocycles. The summed E-state index contributed by atoms with van der Waals surface area (Å²) in [6.07, 6.45) is 7.19. The van der Waals surface area contributed by atoms with Crippen molar-refractivity contribution in [2.75, 3.05) is 33.2 Å². The monoisotopic (exact) mass is 302 g/mol. The molecule has 6 nitrogen and oxygen atoms in total. The van der Waals surface area contributed by atoms with Crippen molar-refractivity contribution in [3.63, 3.8) is 0 Å². The number of amides is 2. The maximum absolute atomic E-state index is 11.5. The van der Waals surface area contributed by atoms with Gasteiger partial charge in [0.2, 0.25) is 0 Å². The van der Waals surface area contributed by atoms with Crippen LogP contribution in [0.3, 0.4) is 0 Å². The molecule has 0 radical (unpaired) electrons. The molecule has 0 fully saturated rings. The molecule has 0 heterocycles. The van der Waals surface area contributed by atoms with E-state index < -0.39 is 6.23 Å². The van der Waals surface area contributed by atoms with Gasteiger partial charge in [0.1, 0.15) is 6.23 Å². The molecular formula is C15H34N4O2. The molecule has 0 aliphatic carbocycles. The Bertz CT molecular complexity index is 238. The zero-order valence-electron chi connectivity index (χ0n) is 13.7. The third-order valence-electron chi connectivity index (χ3n) is 3.22. The number of carbonyl (C=O) groups is 1. The van der Waals surface area contributed by atoms with Crippen LogP contribution in [0, 0.1) is 0 Å². The lowest BCUT2D eigenvalue weighted by Crippen LogP contribution is -2.36. The van der Waals surface area contributed by atoms with Crippen LogP contribution in [-0.4, -0.2) is 50.6 Å². The number of urea groups is 1. The quantitative estimate of drug-likeness (QED) is 0.246. The first-order valence-electron chi connectivity index (χ1n) is 8.24. The van der Waals surface area contributed by atoms with Gasteiger partial charge in [0, 0.05) is 13.1 Å². The van der Waals surface area contributed by atoms with E-state index in [1.807, 2.05) is 7.05 Å². The number of hydrogen-bond donors (Lipinski definition) is 5. The second-order valence-corrected chi connectivity index (χ2v) is 5.39. The Morgan fingerprint density at radius 2 is 1.33 bits per heavy atom. The first-order chi connectivity index (χ1) is 10.2. The Morgan fingerprint density at radius 3 is 1.86 bits per heavy atom. The largest absolute Gasteiger partial charge is 0.379 e. The summed E-state index contributed by atoms with van der Waals surface area (Å²) in [5, 5.41) is 20.8. The summed E-state index contributed by atoms with van der Waals surface area (Å²) in [6, 6.07) is -0.0561. The average molecular weight is 302 g/mol. The topological polar surface area (TPSA) is 85.4 Å². The van der Waals surface area contributed by atoms with Gasteiger partial charge in [-0.15, -0.1) is 0 Å². The number of nitrogens with one attached hydrogen (secondary N) is 4. The van der Waals surface area contributed by atoms with E-state index in [1.165, 1.54) is 0 Å². The average Bonchev–Trinajstić information content (AvgIpc) is 2.45. The summed E-state index contributed by atoms with van der Waals surface area (Å²) in [7, 11) is 1.95. The second kappa shape index (κ2) is 15.5. The number of hydrogen-bond acceptors (Lipinski definition) is 4. The molecule has 126 valence electrons. The minimum atomic E-state index is -0.423. The van der Waals surface area contributed by atoms with Crippen LogP contribution in [0.5, 0.6) is 0 Å². The number of carbonyl (C=O) groups excluding carboxylic acids is 1. The van der Waals surface area contributed by atoms with Crippen LogP contribution >= 0.6 is 0 Å². The lowest BCUT2D eigenvalue weighted by molar-refractivity contribution is 0.156. The van der Waals surface area contributed by atoms with E-state index in [9.17, 15) is 4.79 Å². The molecule has 0 saturated carbocycles. The normalized spacial score (nSPS) is 12.1.